The van der Waals surface area contributed by atoms with Gasteiger partial charge in [-0.1, -0.05) is 26.0 Å². The maximum atomic E-state index is 13.8. The van der Waals surface area contributed by atoms with E-state index in [-0.39, 0.29) is 17.4 Å². The lowest BCUT2D eigenvalue weighted by Gasteiger charge is -2.27. The predicted molar refractivity (Wildman–Crippen MR) is 91.5 cm³/mol. The van der Waals surface area contributed by atoms with E-state index in [0.717, 1.165) is 0 Å². The van der Waals surface area contributed by atoms with Gasteiger partial charge < -0.3 is 4.74 Å². The molecule has 0 atom stereocenters. The van der Waals surface area contributed by atoms with Gasteiger partial charge in [-0.2, -0.15) is 0 Å². The Morgan fingerprint density at radius 2 is 2.04 bits per heavy atom. The van der Waals surface area contributed by atoms with Crippen molar-refractivity contribution in [1.29, 1.82) is 0 Å². The average molecular weight is 343 g/mol. The number of allylic oxidation sites excluding steroid dienone is 1. The summed E-state index contributed by atoms with van der Waals surface area (Å²) in [6, 6.07) is 4.41. The molecule has 1 aromatic rings. The molecule has 0 unspecified atom stereocenters. The first kappa shape index (κ1) is 19.6. The first-order valence-corrected chi connectivity index (χ1v) is 9.28. The van der Waals surface area contributed by atoms with Crippen LogP contribution < -0.4 is 9.46 Å². The minimum absolute atomic E-state index is 0.0299. The summed E-state index contributed by atoms with van der Waals surface area (Å²) in [5.74, 6) is -0.0876. The fraction of sp³-hybridized carbons (Fsp3) is 0.529. The zero-order valence-electron chi connectivity index (χ0n) is 14.2. The standard InChI is InChI=1S/C17H26FNO3S/c1-6-7-10-23(20,21)19-17(4,5)14-8-9-15(18)16(11-14)22-12-13(2)3/h6,8-9,11,13,19H,1,7,10,12H2,2-5H3. The molecule has 130 valence electrons. The van der Waals surface area contributed by atoms with E-state index in [2.05, 4.69) is 11.3 Å². The molecule has 0 saturated heterocycles. The topological polar surface area (TPSA) is 55.4 Å². The van der Waals surface area contributed by atoms with Crippen LogP contribution in [0.3, 0.4) is 0 Å². The third-order valence-electron chi connectivity index (χ3n) is 3.23. The van der Waals surface area contributed by atoms with Gasteiger partial charge in [-0.05, 0) is 43.9 Å². The molecule has 0 amide bonds. The normalized spacial score (nSPS) is 12.4. The van der Waals surface area contributed by atoms with Crippen LogP contribution in [0.5, 0.6) is 5.75 Å². The molecule has 0 bridgehead atoms. The van der Waals surface area contributed by atoms with Gasteiger partial charge >= 0.3 is 0 Å². The Labute approximate surface area is 138 Å². The van der Waals surface area contributed by atoms with Gasteiger partial charge in [0.2, 0.25) is 10.0 Å². The molecular formula is C17H26FNO3S. The number of halogens is 1. The number of sulfonamides is 1. The molecule has 4 nitrogen and oxygen atoms in total. The molecule has 0 aliphatic rings. The average Bonchev–Trinajstić information content (AvgIpc) is 2.42. The molecule has 1 aromatic carbocycles. The summed E-state index contributed by atoms with van der Waals surface area (Å²) in [5, 5.41) is 0. The van der Waals surface area contributed by atoms with Crippen LogP contribution in [-0.2, 0) is 15.6 Å². The number of rotatable bonds is 9. The summed E-state index contributed by atoms with van der Waals surface area (Å²) in [5.41, 5.74) is -0.233. The number of hydrogen-bond acceptors (Lipinski definition) is 3. The lowest BCUT2D eigenvalue weighted by molar-refractivity contribution is 0.258. The molecule has 1 rings (SSSR count). The molecule has 0 radical (unpaired) electrons. The van der Waals surface area contributed by atoms with Crippen molar-refractivity contribution in [2.24, 2.45) is 5.92 Å². The molecule has 0 heterocycles. The summed E-state index contributed by atoms with van der Waals surface area (Å²) >= 11 is 0. The highest BCUT2D eigenvalue weighted by Gasteiger charge is 2.27. The first-order valence-electron chi connectivity index (χ1n) is 7.63. The maximum Gasteiger partial charge on any atom is 0.212 e. The first-order chi connectivity index (χ1) is 10.6. The second-order valence-corrected chi connectivity index (χ2v) is 8.32. The maximum absolute atomic E-state index is 13.8. The SMILES string of the molecule is C=CCCS(=O)(=O)NC(C)(C)c1ccc(F)c(OCC(C)C)c1. The van der Waals surface area contributed by atoms with E-state index in [4.69, 9.17) is 4.74 Å². The van der Waals surface area contributed by atoms with Crippen molar-refractivity contribution in [1.82, 2.24) is 4.72 Å². The van der Waals surface area contributed by atoms with Gasteiger partial charge in [-0.25, -0.2) is 17.5 Å². The fourth-order valence-corrected chi connectivity index (χ4v) is 3.47. The summed E-state index contributed by atoms with van der Waals surface area (Å²) in [4.78, 5) is 0. The smallest absolute Gasteiger partial charge is 0.212 e. The van der Waals surface area contributed by atoms with Crippen molar-refractivity contribution in [3.63, 3.8) is 0 Å². The van der Waals surface area contributed by atoms with Gasteiger partial charge in [0.25, 0.3) is 0 Å². The van der Waals surface area contributed by atoms with E-state index < -0.39 is 21.4 Å². The van der Waals surface area contributed by atoms with E-state index >= 15 is 0 Å². The number of nitrogens with one attached hydrogen (secondary N) is 1. The number of benzene rings is 1. The van der Waals surface area contributed by atoms with E-state index in [0.29, 0.717) is 18.6 Å². The molecule has 1 N–H and O–H groups in total. The molecule has 0 fully saturated rings. The second kappa shape index (κ2) is 7.93. The Hall–Kier alpha value is -1.40. The highest BCUT2D eigenvalue weighted by atomic mass is 32.2. The summed E-state index contributed by atoms with van der Waals surface area (Å²) in [6.07, 6.45) is 1.93. The van der Waals surface area contributed by atoms with Crippen LogP contribution in [-0.4, -0.2) is 20.8 Å². The van der Waals surface area contributed by atoms with Crippen LogP contribution in [0.4, 0.5) is 4.39 Å². The zero-order valence-corrected chi connectivity index (χ0v) is 15.0. The Balaban J connectivity index is 2.99. The molecule has 0 aliphatic carbocycles. The number of hydrogen-bond donors (Lipinski definition) is 1. The van der Waals surface area contributed by atoms with Gasteiger partial charge in [0.15, 0.2) is 11.6 Å². The van der Waals surface area contributed by atoms with Gasteiger partial charge in [-0.3, -0.25) is 0 Å². The van der Waals surface area contributed by atoms with Crippen LogP contribution in [0, 0.1) is 11.7 Å². The summed E-state index contributed by atoms with van der Waals surface area (Å²) in [7, 11) is -3.45. The van der Waals surface area contributed by atoms with Crippen LogP contribution in [0.15, 0.2) is 30.9 Å². The third-order valence-corrected chi connectivity index (χ3v) is 4.82. The van der Waals surface area contributed by atoms with Gasteiger partial charge in [-0.15, -0.1) is 6.58 Å². The lowest BCUT2D eigenvalue weighted by Crippen LogP contribution is -2.42. The quantitative estimate of drug-likeness (QED) is 0.697. The number of ether oxygens (including phenoxy) is 1. The Bertz CT molecular complexity index is 639. The van der Waals surface area contributed by atoms with Gasteiger partial charge in [0.05, 0.1) is 17.9 Å². The van der Waals surface area contributed by atoms with Gasteiger partial charge in [0, 0.05) is 0 Å². The highest BCUT2D eigenvalue weighted by molar-refractivity contribution is 7.89. The minimum Gasteiger partial charge on any atom is -0.490 e. The third kappa shape index (κ3) is 6.31. The Morgan fingerprint density at radius 3 is 2.61 bits per heavy atom. The van der Waals surface area contributed by atoms with Crippen molar-refractivity contribution in [2.45, 2.75) is 39.7 Å². The second-order valence-electron chi connectivity index (χ2n) is 6.47. The fourth-order valence-electron chi connectivity index (χ4n) is 2.00. The molecule has 23 heavy (non-hydrogen) atoms. The monoisotopic (exact) mass is 343 g/mol. The van der Waals surface area contributed by atoms with Crippen LogP contribution in [0.1, 0.15) is 39.7 Å². The van der Waals surface area contributed by atoms with E-state index in [1.807, 2.05) is 13.8 Å². The Morgan fingerprint density at radius 1 is 1.39 bits per heavy atom. The highest BCUT2D eigenvalue weighted by Crippen LogP contribution is 2.27. The summed E-state index contributed by atoms with van der Waals surface area (Å²) in [6.45, 7) is 11.3. The molecule has 6 heteroatoms. The van der Waals surface area contributed by atoms with Crippen molar-refractivity contribution < 1.29 is 17.5 Å². The largest absolute Gasteiger partial charge is 0.490 e. The lowest BCUT2D eigenvalue weighted by atomic mass is 9.95. The predicted octanol–water partition coefficient (Wildman–Crippen LogP) is 3.59. The zero-order chi connectivity index (χ0) is 17.7. The summed E-state index contributed by atoms with van der Waals surface area (Å²) < 4.78 is 46.1. The van der Waals surface area contributed by atoms with Crippen molar-refractivity contribution >= 4 is 10.0 Å². The molecular weight excluding hydrogens is 317 g/mol. The van der Waals surface area contributed by atoms with Crippen molar-refractivity contribution in [3.05, 3.63) is 42.2 Å². The van der Waals surface area contributed by atoms with E-state index in [9.17, 15) is 12.8 Å². The molecule has 0 saturated carbocycles. The molecule has 0 spiro atoms. The molecule has 0 aliphatic heterocycles. The van der Waals surface area contributed by atoms with Crippen LogP contribution in [0.25, 0.3) is 0 Å². The van der Waals surface area contributed by atoms with Crippen molar-refractivity contribution in [2.75, 3.05) is 12.4 Å². The minimum atomic E-state index is -3.45. The van der Waals surface area contributed by atoms with E-state index in [1.165, 1.54) is 6.07 Å². The van der Waals surface area contributed by atoms with Crippen molar-refractivity contribution in [3.8, 4) is 5.75 Å². The van der Waals surface area contributed by atoms with Crippen LogP contribution >= 0.6 is 0 Å². The Kier molecular flexibility index (Phi) is 6.77. The van der Waals surface area contributed by atoms with Crippen LogP contribution in [0.2, 0.25) is 0 Å². The van der Waals surface area contributed by atoms with E-state index in [1.54, 1.807) is 32.1 Å². The molecule has 0 aromatic heterocycles. The van der Waals surface area contributed by atoms with Gasteiger partial charge in [0.1, 0.15) is 0 Å².